The second-order valence-electron chi connectivity index (χ2n) is 6.22. The molecule has 1 aromatic rings. The standard InChI is InChI=1S/C17H23N/c1-13-5-9-15(10-6-13)18-16-11-7-14(8-12-16)17(2,3)4/h5-7,9-12,14,18H,8H2,1-4H3. The van der Waals surface area contributed by atoms with Crippen LogP contribution in [0.15, 0.2) is 48.2 Å². The van der Waals surface area contributed by atoms with Gasteiger partial charge in [0.2, 0.25) is 0 Å². The van der Waals surface area contributed by atoms with Crippen molar-refractivity contribution in [1.82, 2.24) is 0 Å². The molecule has 96 valence electrons. The number of allylic oxidation sites excluding steroid dienone is 3. The van der Waals surface area contributed by atoms with E-state index in [9.17, 15) is 0 Å². The second-order valence-corrected chi connectivity index (χ2v) is 6.22. The van der Waals surface area contributed by atoms with Crippen molar-refractivity contribution in [2.75, 3.05) is 5.32 Å². The van der Waals surface area contributed by atoms with Gasteiger partial charge >= 0.3 is 0 Å². The molecule has 0 saturated heterocycles. The first kappa shape index (κ1) is 12.9. The number of hydrogen-bond donors (Lipinski definition) is 1. The number of anilines is 1. The Labute approximate surface area is 111 Å². The van der Waals surface area contributed by atoms with Crippen molar-refractivity contribution >= 4 is 5.69 Å². The smallest absolute Gasteiger partial charge is 0.0384 e. The molecule has 0 amide bonds. The molecule has 0 heterocycles. The van der Waals surface area contributed by atoms with Gasteiger partial charge in [-0.3, -0.25) is 0 Å². The van der Waals surface area contributed by atoms with Crippen LogP contribution in [0.5, 0.6) is 0 Å². The molecular weight excluding hydrogens is 218 g/mol. The number of aryl methyl sites for hydroxylation is 1. The molecule has 1 nitrogen and oxygen atoms in total. The Morgan fingerprint density at radius 1 is 1.11 bits per heavy atom. The van der Waals surface area contributed by atoms with Crippen LogP contribution in [0.25, 0.3) is 0 Å². The molecule has 1 heteroatoms. The third-order valence-corrected chi connectivity index (χ3v) is 3.55. The van der Waals surface area contributed by atoms with Gasteiger partial charge in [0, 0.05) is 11.4 Å². The molecule has 18 heavy (non-hydrogen) atoms. The van der Waals surface area contributed by atoms with Crippen molar-refractivity contribution < 1.29 is 0 Å². The van der Waals surface area contributed by atoms with Gasteiger partial charge in [0.15, 0.2) is 0 Å². The van der Waals surface area contributed by atoms with Crippen LogP contribution in [-0.2, 0) is 0 Å². The number of hydrogen-bond acceptors (Lipinski definition) is 1. The van der Waals surface area contributed by atoms with Crippen molar-refractivity contribution in [1.29, 1.82) is 0 Å². The largest absolute Gasteiger partial charge is 0.356 e. The van der Waals surface area contributed by atoms with E-state index in [1.54, 1.807) is 0 Å². The van der Waals surface area contributed by atoms with Crippen molar-refractivity contribution in [3.63, 3.8) is 0 Å². The summed E-state index contributed by atoms with van der Waals surface area (Å²) in [6, 6.07) is 8.51. The SMILES string of the molecule is Cc1ccc(NC2=CCC(C(C)(C)C)C=C2)cc1. The average Bonchev–Trinajstić information content (AvgIpc) is 2.32. The van der Waals surface area contributed by atoms with Crippen LogP contribution < -0.4 is 5.32 Å². The lowest BCUT2D eigenvalue weighted by Crippen LogP contribution is -2.20. The van der Waals surface area contributed by atoms with Gasteiger partial charge in [-0.25, -0.2) is 0 Å². The van der Waals surface area contributed by atoms with Crippen molar-refractivity contribution in [2.24, 2.45) is 11.3 Å². The zero-order valence-corrected chi connectivity index (χ0v) is 11.8. The van der Waals surface area contributed by atoms with E-state index in [-0.39, 0.29) is 0 Å². The fourth-order valence-corrected chi connectivity index (χ4v) is 2.16. The Morgan fingerprint density at radius 2 is 1.78 bits per heavy atom. The zero-order valence-electron chi connectivity index (χ0n) is 11.8. The number of rotatable bonds is 2. The monoisotopic (exact) mass is 241 g/mol. The minimum Gasteiger partial charge on any atom is -0.356 e. The van der Waals surface area contributed by atoms with Crippen LogP contribution >= 0.6 is 0 Å². The lowest BCUT2D eigenvalue weighted by molar-refractivity contribution is 0.293. The van der Waals surface area contributed by atoms with Crippen molar-refractivity contribution in [3.8, 4) is 0 Å². The maximum Gasteiger partial charge on any atom is 0.0384 e. The molecule has 0 saturated carbocycles. The fourth-order valence-electron chi connectivity index (χ4n) is 2.16. The van der Waals surface area contributed by atoms with Gasteiger partial charge in [-0.05, 0) is 42.9 Å². The lowest BCUT2D eigenvalue weighted by Gasteiger charge is -2.29. The lowest BCUT2D eigenvalue weighted by atomic mass is 9.77. The van der Waals surface area contributed by atoms with Crippen LogP contribution in [0.4, 0.5) is 5.69 Å². The highest BCUT2D eigenvalue weighted by Crippen LogP contribution is 2.33. The van der Waals surface area contributed by atoms with Crippen LogP contribution in [0.1, 0.15) is 32.8 Å². The zero-order chi connectivity index (χ0) is 13.2. The molecule has 1 aliphatic carbocycles. The molecule has 0 radical (unpaired) electrons. The normalized spacial score (nSPS) is 19.6. The Hall–Kier alpha value is -1.50. The Bertz CT molecular complexity index is 457. The van der Waals surface area contributed by atoms with E-state index in [0.29, 0.717) is 11.3 Å². The van der Waals surface area contributed by atoms with Crippen molar-refractivity contribution in [2.45, 2.75) is 34.1 Å². The third-order valence-electron chi connectivity index (χ3n) is 3.55. The summed E-state index contributed by atoms with van der Waals surface area (Å²) in [4.78, 5) is 0. The van der Waals surface area contributed by atoms with Crippen LogP contribution in [0.3, 0.4) is 0 Å². The summed E-state index contributed by atoms with van der Waals surface area (Å²) < 4.78 is 0. The Kier molecular flexibility index (Phi) is 3.60. The van der Waals surface area contributed by atoms with E-state index >= 15 is 0 Å². The summed E-state index contributed by atoms with van der Waals surface area (Å²) in [5, 5.41) is 3.45. The molecule has 2 rings (SSSR count). The first-order chi connectivity index (χ1) is 8.45. The molecular formula is C17H23N. The predicted molar refractivity (Wildman–Crippen MR) is 79.6 cm³/mol. The number of benzene rings is 1. The summed E-state index contributed by atoms with van der Waals surface area (Å²) in [6.07, 6.45) is 7.96. The first-order valence-electron chi connectivity index (χ1n) is 6.67. The van der Waals surface area contributed by atoms with E-state index in [1.807, 2.05) is 0 Å². The topological polar surface area (TPSA) is 12.0 Å². The first-order valence-corrected chi connectivity index (χ1v) is 6.67. The molecule has 1 unspecified atom stereocenters. The molecule has 1 aromatic carbocycles. The predicted octanol–water partition coefficient (Wildman–Crippen LogP) is 4.91. The van der Waals surface area contributed by atoms with Gasteiger partial charge < -0.3 is 5.32 Å². The minimum absolute atomic E-state index is 0.350. The maximum atomic E-state index is 3.45. The van der Waals surface area contributed by atoms with Gasteiger partial charge in [0.05, 0.1) is 0 Å². The second kappa shape index (κ2) is 5.01. The molecule has 1 aliphatic rings. The van der Waals surface area contributed by atoms with E-state index < -0.39 is 0 Å². The van der Waals surface area contributed by atoms with Crippen molar-refractivity contribution in [3.05, 3.63) is 53.8 Å². The molecule has 0 fully saturated rings. The average molecular weight is 241 g/mol. The quantitative estimate of drug-likeness (QED) is 0.775. The molecule has 0 bridgehead atoms. The highest BCUT2D eigenvalue weighted by atomic mass is 14.9. The van der Waals surface area contributed by atoms with Crippen LogP contribution in [0, 0.1) is 18.3 Å². The van der Waals surface area contributed by atoms with Gasteiger partial charge in [-0.2, -0.15) is 0 Å². The van der Waals surface area contributed by atoms with Gasteiger partial charge in [-0.1, -0.05) is 50.6 Å². The molecule has 0 aromatic heterocycles. The van der Waals surface area contributed by atoms with E-state index in [4.69, 9.17) is 0 Å². The summed E-state index contributed by atoms with van der Waals surface area (Å²) in [7, 11) is 0. The highest BCUT2D eigenvalue weighted by Gasteiger charge is 2.22. The van der Waals surface area contributed by atoms with Crippen LogP contribution in [-0.4, -0.2) is 0 Å². The Morgan fingerprint density at radius 3 is 2.28 bits per heavy atom. The van der Waals surface area contributed by atoms with Gasteiger partial charge in [-0.15, -0.1) is 0 Å². The maximum absolute atomic E-state index is 3.45. The molecule has 0 aliphatic heterocycles. The molecule has 0 spiro atoms. The summed E-state index contributed by atoms with van der Waals surface area (Å²) >= 11 is 0. The van der Waals surface area contributed by atoms with Gasteiger partial charge in [0.1, 0.15) is 0 Å². The van der Waals surface area contributed by atoms with Gasteiger partial charge in [0.25, 0.3) is 0 Å². The third kappa shape index (κ3) is 3.25. The summed E-state index contributed by atoms with van der Waals surface area (Å²) in [6.45, 7) is 9.01. The molecule has 1 N–H and O–H groups in total. The Balaban J connectivity index is 1.99. The van der Waals surface area contributed by atoms with E-state index in [2.05, 4.69) is 75.5 Å². The highest BCUT2D eigenvalue weighted by molar-refractivity contribution is 5.52. The minimum atomic E-state index is 0.350. The number of nitrogens with one attached hydrogen (secondary N) is 1. The fraction of sp³-hybridized carbons (Fsp3) is 0.412. The van der Waals surface area contributed by atoms with E-state index in [0.717, 1.165) is 12.1 Å². The van der Waals surface area contributed by atoms with E-state index in [1.165, 1.54) is 11.3 Å². The summed E-state index contributed by atoms with van der Waals surface area (Å²) in [5.41, 5.74) is 4.01. The molecule has 1 atom stereocenters. The van der Waals surface area contributed by atoms with Crippen LogP contribution in [0.2, 0.25) is 0 Å². The summed E-state index contributed by atoms with van der Waals surface area (Å²) in [5.74, 6) is 0.640.